The van der Waals surface area contributed by atoms with Crippen LogP contribution < -0.4 is 9.47 Å². The predicted octanol–water partition coefficient (Wildman–Crippen LogP) is 4.00. The molecule has 0 aliphatic rings. The summed E-state index contributed by atoms with van der Waals surface area (Å²) in [5, 5.41) is 1.06. The average molecular weight is 342 g/mol. The fourth-order valence-corrected chi connectivity index (χ4v) is 2.90. The van der Waals surface area contributed by atoms with Crippen LogP contribution in [0.1, 0.15) is 11.1 Å². The van der Waals surface area contributed by atoms with E-state index >= 15 is 0 Å². The molecular weight excluding hydrogens is 319 g/mol. The summed E-state index contributed by atoms with van der Waals surface area (Å²) in [7, 11) is 5.64. The first-order valence-corrected chi connectivity index (χ1v) is 8.28. The molecule has 1 N–H and O–H groups in total. The topological polar surface area (TPSA) is 37.5 Å². The third-order valence-electron chi connectivity index (χ3n) is 4.25. The lowest BCUT2D eigenvalue weighted by Crippen LogP contribution is -2.14. The number of ether oxygens (including phenoxy) is 2. The number of rotatable bonds is 7. The molecular formula is C20H23FN2O2. The third kappa shape index (κ3) is 3.77. The van der Waals surface area contributed by atoms with Crippen LogP contribution in [0.15, 0.2) is 42.6 Å². The highest BCUT2D eigenvalue weighted by Gasteiger charge is 2.13. The van der Waals surface area contributed by atoms with Crippen molar-refractivity contribution in [2.45, 2.75) is 13.0 Å². The van der Waals surface area contributed by atoms with E-state index < -0.39 is 0 Å². The van der Waals surface area contributed by atoms with Crippen LogP contribution in [0.5, 0.6) is 11.5 Å². The van der Waals surface area contributed by atoms with Gasteiger partial charge >= 0.3 is 0 Å². The maximum absolute atomic E-state index is 14.1. The van der Waals surface area contributed by atoms with Gasteiger partial charge in [0.05, 0.1) is 12.7 Å². The van der Waals surface area contributed by atoms with E-state index in [2.05, 4.69) is 24.0 Å². The van der Waals surface area contributed by atoms with Gasteiger partial charge in [-0.3, -0.25) is 0 Å². The number of aromatic amines is 1. The molecule has 0 saturated heterocycles. The van der Waals surface area contributed by atoms with Gasteiger partial charge in [0.1, 0.15) is 23.9 Å². The first-order valence-electron chi connectivity index (χ1n) is 8.28. The first-order chi connectivity index (χ1) is 12.1. The van der Waals surface area contributed by atoms with E-state index in [0.29, 0.717) is 11.3 Å². The lowest BCUT2D eigenvalue weighted by atomic mass is 10.1. The molecule has 3 aromatic rings. The largest absolute Gasteiger partial charge is 0.496 e. The maximum atomic E-state index is 14.1. The second kappa shape index (κ2) is 7.57. The lowest BCUT2D eigenvalue weighted by Gasteiger charge is -2.13. The van der Waals surface area contributed by atoms with E-state index in [1.165, 1.54) is 18.7 Å². The molecule has 25 heavy (non-hydrogen) atoms. The zero-order valence-corrected chi connectivity index (χ0v) is 14.8. The summed E-state index contributed by atoms with van der Waals surface area (Å²) in [4.78, 5) is 5.43. The number of fused-ring (bicyclic) bond motifs is 1. The molecule has 0 atom stereocenters. The zero-order valence-electron chi connectivity index (χ0n) is 14.8. The molecule has 0 bridgehead atoms. The van der Waals surface area contributed by atoms with Crippen LogP contribution in [0.3, 0.4) is 0 Å². The number of likely N-dealkylation sites (N-methyl/N-ethyl adjacent to an activating group) is 1. The van der Waals surface area contributed by atoms with Crippen molar-refractivity contribution >= 4 is 10.9 Å². The molecule has 0 aliphatic heterocycles. The molecule has 1 heterocycles. The van der Waals surface area contributed by atoms with Crippen molar-refractivity contribution in [1.29, 1.82) is 0 Å². The molecule has 0 aliphatic carbocycles. The Morgan fingerprint density at radius 1 is 1.08 bits per heavy atom. The summed E-state index contributed by atoms with van der Waals surface area (Å²) >= 11 is 0. The summed E-state index contributed by atoms with van der Waals surface area (Å²) in [6, 6.07) is 10.7. The lowest BCUT2D eigenvalue weighted by molar-refractivity contribution is 0.292. The van der Waals surface area contributed by atoms with Crippen LogP contribution in [-0.2, 0) is 13.0 Å². The number of halogens is 1. The Labute approximate surface area is 147 Å². The normalized spacial score (nSPS) is 11.2. The number of hydrogen-bond acceptors (Lipinski definition) is 3. The Morgan fingerprint density at radius 2 is 1.84 bits per heavy atom. The predicted molar refractivity (Wildman–Crippen MR) is 97.8 cm³/mol. The minimum absolute atomic E-state index is 0.118. The number of H-pyrrole nitrogens is 1. The van der Waals surface area contributed by atoms with Crippen LogP contribution in [-0.4, -0.2) is 37.6 Å². The quantitative estimate of drug-likeness (QED) is 0.705. The Hall–Kier alpha value is -2.53. The van der Waals surface area contributed by atoms with Gasteiger partial charge in [0.15, 0.2) is 0 Å². The molecule has 5 heteroatoms. The van der Waals surface area contributed by atoms with Gasteiger partial charge in [-0.05, 0) is 50.3 Å². The standard InChI is InChI=1S/C20H23FN2O2/c1-23(2)11-10-14-12-22-17-7-5-9-19(20(14)17)25-13-15-16(21)6-4-8-18(15)24-3/h4-9,12,22H,10-11,13H2,1-3H3. The molecule has 0 spiro atoms. The van der Waals surface area contributed by atoms with Gasteiger partial charge < -0.3 is 19.4 Å². The molecule has 0 unspecified atom stereocenters. The minimum atomic E-state index is -0.326. The molecule has 132 valence electrons. The highest BCUT2D eigenvalue weighted by molar-refractivity contribution is 5.89. The number of nitrogens with zero attached hydrogens (tertiary/aromatic N) is 1. The van der Waals surface area contributed by atoms with Crippen molar-refractivity contribution in [3.05, 3.63) is 59.5 Å². The fourth-order valence-electron chi connectivity index (χ4n) is 2.90. The van der Waals surface area contributed by atoms with Crippen LogP contribution in [0.2, 0.25) is 0 Å². The molecule has 1 aromatic heterocycles. The Kier molecular flexibility index (Phi) is 5.24. The van der Waals surface area contributed by atoms with Crippen molar-refractivity contribution in [1.82, 2.24) is 9.88 Å². The van der Waals surface area contributed by atoms with E-state index in [9.17, 15) is 4.39 Å². The van der Waals surface area contributed by atoms with E-state index in [4.69, 9.17) is 9.47 Å². The van der Waals surface area contributed by atoms with Gasteiger partial charge in [-0.15, -0.1) is 0 Å². The number of benzene rings is 2. The average Bonchev–Trinajstić information content (AvgIpc) is 3.02. The Morgan fingerprint density at radius 3 is 2.60 bits per heavy atom. The second-order valence-electron chi connectivity index (χ2n) is 6.26. The van der Waals surface area contributed by atoms with Crippen LogP contribution in [0.25, 0.3) is 10.9 Å². The van der Waals surface area contributed by atoms with Gasteiger partial charge in [0, 0.05) is 23.6 Å². The van der Waals surface area contributed by atoms with E-state index in [1.54, 1.807) is 12.1 Å². The van der Waals surface area contributed by atoms with Crippen molar-refractivity contribution in [2.75, 3.05) is 27.7 Å². The van der Waals surface area contributed by atoms with Gasteiger partial charge in [-0.2, -0.15) is 0 Å². The number of methoxy groups -OCH3 is 1. The number of nitrogens with one attached hydrogen (secondary N) is 1. The summed E-state index contributed by atoms with van der Waals surface area (Å²) in [6.45, 7) is 1.07. The van der Waals surface area contributed by atoms with Crippen LogP contribution in [0, 0.1) is 5.82 Å². The van der Waals surface area contributed by atoms with Crippen molar-refractivity contribution < 1.29 is 13.9 Å². The van der Waals surface area contributed by atoms with Gasteiger partial charge in [0.2, 0.25) is 0 Å². The second-order valence-corrected chi connectivity index (χ2v) is 6.26. The smallest absolute Gasteiger partial charge is 0.133 e. The highest BCUT2D eigenvalue weighted by atomic mass is 19.1. The minimum Gasteiger partial charge on any atom is -0.496 e. The molecule has 2 aromatic carbocycles. The third-order valence-corrected chi connectivity index (χ3v) is 4.25. The monoisotopic (exact) mass is 342 g/mol. The molecule has 0 saturated carbocycles. The summed E-state index contributed by atoms with van der Waals surface area (Å²) in [5.41, 5.74) is 2.64. The van der Waals surface area contributed by atoms with Crippen molar-refractivity contribution in [3.63, 3.8) is 0 Å². The van der Waals surface area contributed by atoms with Gasteiger partial charge in [0.25, 0.3) is 0 Å². The van der Waals surface area contributed by atoms with E-state index in [-0.39, 0.29) is 12.4 Å². The van der Waals surface area contributed by atoms with Crippen LogP contribution >= 0.6 is 0 Å². The highest BCUT2D eigenvalue weighted by Crippen LogP contribution is 2.31. The molecule has 0 amide bonds. The molecule has 0 fully saturated rings. The van der Waals surface area contributed by atoms with E-state index in [1.807, 2.05) is 24.4 Å². The molecule has 0 radical (unpaired) electrons. The zero-order chi connectivity index (χ0) is 17.8. The Bertz CT molecular complexity index is 858. The summed E-state index contributed by atoms with van der Waals surface area (Å²) in [5.74, 6) is 0.917. The Balaban J connectivity index is 1.88. The fraction of sp³-hybridized carbons (Fsp3) is 0.300. The number of aromatic nitrogens is 1. The maximum Gasteiger partial charge on any atom is 0.133 e. The first kappa shape index (κ1) is 17.3. The van der Waals surface area contributed by atoms with E-state index in [0.717, 1.165) is 29.6 Å². The molecule has 3 rings (SSSR count). The number of hydrogen-bond donors (Lipinski definition) is 1. The summed E-state index contributed by atoms with van der Waals surface area (Å²) in [6.07, 6.45) is 2.93. The van der Waals surface area contributed by atoms with Crippen molar-refractivity contribution in [3.8, 4) is 11.5 Å². The SMILES string of the molecule is COc1cccc(F)c1COc1cccc2[nH]cc(CCN(C)C)c12. The van der Waals surface area contributed by atoms with Gasteiger partial charge in [-0.25, -0.2) is 4.39 Å². The van der Waals surface area contributed by atoms with Crippen LogP contribution in [0.4, 0.5) is 4.39 Å². The van der Waals surface area contributed by atoms with Crippen molar-refractivity contribution in [2.24, 2.45) is 0 Å². The summed E-state index contributed by atoms with van der Waals surface area (Å²) < 4.78 is 25.3. The molecule has 4 nitrogen and oxygen atoms in total. The van der Waals surface area contributed by atoms with Gasteiger partial charge in [-0.1, -0.05) is 12.1 Å².